The fourth-order valence-corrected chi connectivity index (χ4v) is 1.84. The number of benzene rings is 1. The Bertz CT molecular complexity index is 464. The van der Waals surface area contributed by atoms with Gasteiger partial charge in [0, 0.05) is 5.41 Å². The van der Waals surface area contributed by atoms with Gasteiger partial charge in [0.1, 0.15) is 5.83 Å². The number of hydrogen-bond donors (Lipinski definition) is 0. The second kappa shape index (κ2) is 7.08. The zero-order valence-corrected chi connectivity index (χ0v) is 12.1. The van der Waals surface area contributed by atoms with Crippen molar-refractivity contribution in [1.29, 1.82) is 0 Å². The summed E-state index contributed by atoms with van der Waals surface area (Å²) in [5.41, 5.74) is 1.18. The first-order chi connectivity index (χ1) is 9.00. The second-order valence-corrected chi connectivity index (χ2v) is 5.20. The quantitative estimate of drug-likeness (QED) is 0.571. The molecule has 0 aliphatic rings. The minimum atomic E-state index is -0.402. The van der Waals surface area contributed by atoms with E-state index in [1.165, 1.54) is 6.08 Å². The molecule has 0 unspecified atom stereocenters. The van der Waals surface area contributed by atoms with Gasteiger partial charge in [-0.25, -0.2) is 4.39 Å². The molecule has 0 radical (unpaired) electrons. The standard InChI is InChI=1S/C18H23F/c1-5-6-7-11-14-17(19)15(2)18(3,4)16-12-9-8-10-13-16/h7-14H,2,5-6H2,1,3-4H3/b11-7-,17-14+. The highest BCUT2D eigenvalue weighted by molar-refractivity contribution is 5.42. The van der Waals surface area contributed by atoms with E-state index >= 15 is 0 Å². The van der Waals surface area contributed by atoms with Crippen LogP contribution >= 0.6 is 0 Å². The Kier molecular flexibility index (Phi) is 5.75. The lowest BCUT2D eigenvalue weighted by molar-refractivity contribution is 0.558. The van der Waals surface area contributed by atoms with Crippen LogP contribution in [-0.4, -0.2) is 0 Å². The van der Waals surface area contributed by atoms with Crippen LogP contribution in [0.4, 0.5) is 4.39 Å². The van der Waals surface area contributed by atoms with Gasteiger partial charge in [0.2, 0.25) is 0 Å². The minimum absolute atomic E-state index is 0.249. The highest BCUT2D eigenvalue weighted by Crippen LogP contribution is 2.34. The van der Waals surface area contributed by atoms with E-state index < -0.39 is 5.41 Å². The number of unbranched alkanes of at least 4 members (excludes halogenated alkanes) is 1. The second-order valence-electron chi connectivity index (χ2n) is 5.20. The normalized spacial score (nSPS) is 12.9. The van der Waals surface area contributed by atoms with Crippen LogP contribution in [0.3, 0.4) is 0 Å². The maximum Gasteiger partial charge on any atom is 0.126 e. The average Bonchev–Trinajstić information content (AvgIpc) is 2.43. The fourth-order valence-electron chi connectivity index (χ4n) is 1.84. The van der Waals surface area contributed by atoms with E-state index in [4.69, 9.17) is 0 Å². The van der Waals surface area contributed by atoms with Crippen molar-refractivity contribution < 1.29 is 4.39 Å². The van der Waals surface area contributed by atoms with Crippen molar-refractivity contribution >= 4 is 0 Å². The van der Waals surface area contributed by atoms with E-state index in [0.29, 0.717) is 5.57 Å². The molecule has 0 atom stereocenters. The van der Waals surface area contributed by atoms with Crippen molar-refractivity contribution in [2.75, 3.05) is 0 Å². The first kappa shape index (κ1) is 15.4. The van der Waals surface area contributed by atoms with E-state index in [9.17, 15) is 4.39 Å². The molecule has 1 aromatic carbocycles. The predicted octanol–water partition coefficient (Wildman–Crippen LogP) is 5.73. The Labute approximate surface area is 116 Å². The van der Waals surface area contributed by atoms with Crippen molar-refractivity contribution in [2.45, 2.75) is 39.0 Å². The molecule has 0 amide bonds. The molecule has 1 heteroatoms. The molecular weight excluding hydrogens is 235 g/mol. The maximum absolute atomic E-state index is 14.1. The fraction of sp³-hybridized carbons (Fsp3) is 0.333. The van der Waals surface area contributed by atoms with Gasteiger partial charge in [-0.1, -0.05) is 76.3 Å². The summed E-state index contributed by atoms with van der Waals surface area (Å²) in [4.78, 5) is 0. The van der Waals surface area contributed by atoms with Gasteiger partial charge < -0.3 is 0 Å². The maximum atomic E-state index is 14.1. The molecule has 0 aromatic heterocycles. The minimum Gasteiger partial charge on any atom is -0.207 e. The molecule has 0 aliphatic carbocycles. The third-order valence-electron chi connectivity index (χ3n) is 3.37. The van der Waals surface area contributed by atoms with E-state index in [2.05, 4.69) is 13.5 Å². The van der Waals surface area contributed by atoms with Gasteiger partial charge in [-0.05, 0) is 23.6 Å². The predicted molar refractivity (Wildman–Crippen MR) is 81.8 cm³/mol. The lowest BCUT2D eigenvalue weighted by Crippen LogP contribution is -2.20. The van der Waals surface area contributed by atoms with Crippen LogP contribution < -0.4 is 0 Å². The van der Waals surface area contributed by atoms with Gasteiger partial charge in [0.05, 0.1) is 0 Å². The zero-order chi connectivity index (χ0) is 14.3. The van der Waals surface area contributed by atoms with Crippen molar-refractivity contribution in [3.8, 4) is 0 Å². The molecule has 0 saturated heterocycles. The smallest absolute Gasteiger partial charge is 0.126 e. The summed E-state index contributed by atoms with van der Waals surface area (Å²) in [6.07, 6.45) is 7.29. The first-order valence-electron chi connectivity index (χ1n) is 6.77. The van der Waals surface area contributed by atoms with Crippen molar-refractivity contribution in [2.24, 2.45) is 0 Å². The highest BCUT2D eigenvalue weighted by Gasteiger charge is 2.26. The summed E-state index contributed by atoms with van der Waals surface area (Å²) < 4.78 is 14.1. The van der Waals surface area contributed by atoms with Gasteiger partial charge in [-0.3, -0.25) is 0 Å². The van der Waals surface area contributed by atoms with Crippen LogP contribution in [-0.2, 0) is 5.41 Å². The summed E-state index contributed by atoms with van der Waals surface area (Å²) in [6, 6.07) is 9.90. The zero-order valence-electron chi connectivity index (χ0n) is 12.1. The third kappa shape index (κ3) is 4.20. The summed E-state index contributed by atoms with van der Waals surface area (Å²) in [5.74, 6) is -0.249. The van der Waals surface area contributed by atoms with Gasteiger partial charge in [-0.2, -0.15) is 0 Å². The van der Waals surface area contributed by atoms with Crippen LogP contribution in [0.15, 0.2) is 66.5 Å². The molecule has 102 valence electrons. The molecule has 1 aromatic rings. The molecule has 0 heterocycles. The Morgan fingerprint density at radius 3 is 2.47 bits per heavy atom. The molecule has 0 N–H and O–H groups in total. The SMILES string of the molecule is C=C(/C(F)=C\C=C/CCC)C(C)(C)c1ccccc1. The summed E-state index contributed by atoms with van der Waals surface area (Å²) in [6.45, 7) is 10.0. The van der Waals surface area contributed by atoms with Crippen molar-refractivity contribution in [3.63, 3.8) is 0 Å². The Balaban J connectivity index is 2.87. The lowest BCUT2D eigenvalue weighted by Gasteiger charge is -2.27. The highest BCUT2D eigenvalue weighted by atomic mass is 19.1. The van der Waals surface area contributed by atoms with Gasteiger partial charge >= 0.3 is 0 Å². The molecule has 0 saturated carbocycles. The number of hydrogen-bond acceptors (Lipinski definition) is 0. The summed E-state index contributed by atoms with van der Waals surface area (Å²) >= 11 is 0. The lowest BCUT2D eigenvalue weighted by atomic mass is 9.78. The molecule has 1 rings (SSSR count). The monoisotopic (exact) mass is 258 g/mol. The van der Waals surface area contributed by atoms with E-state index in [0.717, 1.165) is 18.4 Å². The third-order valence-corrected chi connectivity index (χ3v) is 3.37. The Hall–Kier alpha value is -1.63. The molecule has 0 fully saturated rings. The number of halogens is 1. The molecule has 0 spiro atoms. The van der Waals surface area contributed by atoms with Gasteiger partial charge in [0.15, 0.2) is 0 Å². The summed E-state index contributed by atoms with van der Waals surface area (Å²) in [7, 11) is 0. The van der Waals surface area contributed by atoms with Crippen molar-refractivity contribution in [1.82, 2.24) is 0 Å². The Morgan fingerprint density at radius 2 is 1.89 bits per heavy atom. The molecule has 0 nitrogen and oxygen atoms in total. The van der Waals surface area contributed by atoms with Crippen LogP contribution in [0, 0.1) is 0 Å². The van der Waals surface area contributed by atoms with Crippen LogP contribution in [0.1, 0.15) is 39.2 Å². The molecule has 0 aliphatic heterocycles. The molecule has 19 heavy (non-hydrogen) atoms. The molecular formula is C18H23F. The topological polar surface area (TPSA) is 0 Å². The first-order valence-corrected chi connectivity index (χ1v) is 6.77. The summed E-state index contributed by atoms with van der Waals surface area (Å²) in [5, 5.41) is 0. The molecule has 0 bridgehead atoms. The van der Waals surface area contributed by atoms with Crippen LogP contribution in [0.5, 0.6) is 0 Å². The van der Waals surface area contributed by atoms with Crippen LogP contribution in [0.25, 0.3) is 0 Å². The van der Waals surface area contributed by atoms with E-state index in [1.54, 1.807) is 6.08 Å². The largest absolute Gasteiger partial charge is 0.207 e. The van der Waals surface area contributed by atoms with Gasteiger partial charge in [-0.15, -0.1) is 0 Å². The number of allylic oxidation sites excluding steroid dienone is 5. The average molecular weight is 258 g/mol. The van der Waals surface area contributed by atoms with Crippen LogP contribution in [0.2, 0.25) is 0 Å². The van der Waals surface area contributed by atoms with Gasteiger partial charge in [0.25, 0.3) is 0 Å². The van der Waals surface area contributed by atoms with E-state index in [-0.39, 0.29) is 5.83 Å². The number of rotatable bonds is 6. The Morgan fingerprint density at radius 1 is 1.26 bits per heavy atom. The van der Waals surface area contributed by atoms with E-state index in [1.807, 2.05) is 50.3 Å². The van der Waals surface area contributed by atoms with Crippen molar-refractivity contribution in [3.05, 3.63) is 72.1 Å².